The van der Waals surface area contributed by atoms with Crippen LogP contribution in [0.25, 0.3) is 16.7 Å². The van der Waals surface area contributed by atoms with Gasteiger partial charge in [-0.05, 0) is 23.6 Å². The van der Waals surface area contributed by atoms with E-state index in [1.54, 1.807) is 29.2 Å². The highest BCUT2D eigenvalue weighted by atomic mass is 16.3. The summed E-state index contributed by atoms with van der Waals surface area (Å²) in [7, 11) is 0. The molecule has 0 unspecified atom stereocenters. The number of nitrogens with one attached hydrogen (secondary N) is 1. The number of benzene rings is 3. The Hall–Kier alpha value is -4.12. The molecule has 4 aromatic rings. The zero-order valence-electron chi connectivity index (χ0n) is 17.4. The van der Waals surface area contributed by atoms with Crippen molar-refractivity contribution in [3.05, 3.63) is 113 Å². The Kier molecular flexibility index (Phi) is 5.07. The first-order chi connectivity index (χ1) is 15.6. The van der Waals surface area contributed by atoms with E-state index in [0.29, 0.717) is 18.5 Å². The molecule has 1 fully saturated rings. The van der Waals surface area contributed by atoms with E-state index in [1.165, 1.54) is 0 Å². The second kappa shape index (κ2) is 8.19. The van der Waals surface area contributed by atoms with Crippen LogP contribution in [0, 0.1) is 0 Å². The topological polar surface area (TPSA) is 73.4 Å². The molecule has 32 heavy (non-hydrogen) atoms. The van der Waals surface area contributed by atoms with Crippen LogP contribution < -0.4 is 0 Å². The molecule has 3 aromatic carbocycles. The Morgan fingerprint density at radius 2 is 1.53 bits per heavy atom. The van der Waals surface area contributed by atoms with Crippen LogP contribution in [0.3, 0.4) is 0 Å². The molecule has 0 spiro atoms. The molecule has 5 heteroatoms. The van der Waals surface area contributed by atoms with Crippen molar-refractivity contribution in [3.8, 4) is 0 Å². The number of ketones is 1. The molecule has 5 rings (SSSR count). The normalized spacial score (nSPS) is 17.9. The van der Waals surface area contributed by atoms with Gasteiger partial charge in [-0.3, -0.25) is 9.59 Å². The molecule has 0 radical (unpaired) electrons. The average molecular weight is 422 g/mol. The zero-order valence-corrected chi connectivity index (χ0v) is 17.4. The summed E-state index contributed by atoms with van der Waals surface area (Å²) in [6.45, 7) is 0.359. The van der Waals surface area contributed by atoms with Crippen LogP contribution in [0.5, 0.6) is 0 Å². The summed E-state index contributed by atoms with van der Waals surface area (Å²) in [6.07, 6.45) is 2.54. The molecule has 1 atom stereocenters. The van der Waals surface area contributed by atoms with Gasteiger partial charge in [0.2, 0.25) is 0 Å². The molecule has 1 aliphatic rings. The molecule has 158 valence electrons. The third-order valence-electron chi connectivity index (χ3n) is 6.00. The number of aromatic nitrogens is 1. The molecule has 1 amide bonds. The standard InChI is InChI=1S/C27H22N2O3/c30-25(19-11-5-2-6-12-19)23-24(18-9-3-1-4-10-18)29(27(32)26(23)31)16-15-20-17-28-22-14-8-7-13-21(20)22/h1-14,17,24,28,30H,15-16H2/t24-/m1/s1. The summed E-state index contributed by atoms with van der Waals surface area (Å²) >= 11 is 0. The van der Waals surface area contributed by atoms with Gasteiger partial charge >= 0.3 is 0 Å². The lowest BCUT2D eigenvalue weighted by Crippen LogP contribution is -2.31. The molecule has 0 saturated carbocycles. The van der Waals surface area contributed by atoms with Gasteiger partial charge in [0.15, 0.2) is 0 Å². The summed E-state index contributed by atoms with van der Waals surface area (Å²) in [6, 6.07) is 25.7. The Labute approximate surface area is 185 Å². The molecule has 1 aromatic heterocycles. The molecular weight excluding hydrogens is 400 g/mol. The number of carbonyl (C=O) groups excluding carboxylic acids is 2. The van der Waals surface area contributed by atoms with Gasteiger partial charge in [0.1, 0.15) is 5.76 Å². The van der Waals surface area contributed by atoms with Gasteiger partial charge < -0.3 is 15.0 Å². The minimum Gasteiger partial charge on any atom is -0.507 e. The number of rotatable bonds is 5. The number of H-pyrrole nitrogens is 1. The van der Waals surface area contributed by atoms with Gasteiger partial charge in [0, 0.05) is 29.2 Å². The summed E-state index contributed by atoms with van der Waals surface area (Å²) in [4.78, 5) is 31.0. The van der Waals surface area contributed by atoms with Crippen molar-refractivity contribution in [2.75, 3.05) is 6.54 Å². The van der Waals surface area contributed by atoms with Crippen LogP contribution in [0.1, 0.15) is 22.7 Å². The fourth-order valence-corrected chi connectivity index (χ4v) is 4.42. The van der Waals surface area contributed by atoms with E-state index in [1.807, 2.05) is 66.9 Å². The third kappa shape index (κ3) is 3.38. The van der Waals surface area contributed by atoms with Crippen molar-refractivity contribution in [1.29, 1.82) is 0 Å². The number of Topliss-reactive ketones (excluding diaryl/α,β-unsaturated/α-hetero) is 1. The quantitative estimate of drug-likeness (QED) is 0.275. The zero-order chi connectivity index (χ0) is 22.1. The Morgan fingerprint density at radius 3 is 2.28 bits per heavy atom. The summed E-state index contributed by atoms with van der Waals surface area (Å²) in [5.74, 6) is -1.39. The predicted octanol–water partition coefficient (Wildman–Crippen LogP) is 4.83. The first-order valence-corrected chi connectivity index (χ1v) is 10.6. The predicted molar refractivity (Wildman–Crippen MR) is 124 cm³/mol. The second-order valence-corrected chi connectivity index (χ2v) is 7.88. The van der Waals surface area contributed by atoms with Gasteiger partial charge in [-0.2, -0.15) is 0 Å². The van der Waals surface area contributed by atoms with Crippen LogP contribution in [0.2, 0.25) is 0 Å². The number of carbonyl (C=O) groups is 2. The van der Waals surface area contributed by atoms with Gasteiger partial charge in [-0.1, -0.05) is 78.9 Å². The number of amides is 1. The maximum atomic E-state index is 13.1. The lowest BCUT2D eigenvalue weighted by molar-refractivity contribution is -0.139. The van der Waals surface area contributed by atoms with Gasteiger partial charge in [0.25, 0.3) is 11.7 Å². The molecule has 5 nitrogen and oxygen atoms in total. The molecule has 1 aliphatic heterocycles. The maximum Gasteiger partial charge on any atom is 0.295 e. The smallest absolute Gasteiger partial charge is 0.295 e. The monoisotopic (exact) mass is 422 g/mol. The first kappa shape index (κ1) is 19.8. The number of aliphatic hydroxyl groups is 1. The first-order valence-electron chi connectivity index (χ1n) is 10.6. The van der Waals surface area contributed by atoms with Crippen LogP contribution in [0.15, 0.2) is 96.7 Å². The average Bonchev–Trinajstić information content (AvgIpc) is 3.37. The van der Waals surface area contributed by atoms with Crippen LogP contribution in [-0.2, 0) is 16.0 Å². The van der Waals surface area contributed by atoms with Gasteiger partial charge in [0.05, 0.1) is 11.6 Å². The van der Waals surface area contributed by atoms with Crippen molar-refractivity contribution in [1.82, 2.24) is 9.88 Å². The van der Waals surface area contributed by atoms with E-state index in [-0.39, 0.29) is 11.3 Å². The fraction of sp³-hybridized carbons (Fsp3) is 0.111. The number of aromatic amines is 1. The lowest BCUT2D eigenvalue weighted by atomic mass is 9.95. The molecule has 2 N–H and O–H groups in total. The van der Waals surface area contributed by atoms with Crippen molar-refractivity contribution >= 4 is 28.4 Å². The Morgan fingerprint density at radius 1 is 0.875 bits per heavy atom. The van der Waals surface area contributed by atoms with Crippen LogP contribution in [-0.4, -0.2) is 33.2 Å². The third-order valence-corrected chi connectivity index (χ3v) is 6.00. The lowest BCUT2D eigenvalue weighted by Gasteiger charge is -2.25. The number of likely N-dealkylation sites (tertiary alicyclic amines) is 1. The van der Waals surface area contributed by atoms with E-state index in [4.69, 9.17) is 0 Å². The van der Waals surface area contributed by atoms with E-state index in [9.17, 15) is 14.7 Å². The minimum absolute atomic E-state index is 0.131. The van der Waals surface area contributed by atoms with E-state index < -0.39 is 17.7 Å². The fourth-order valence-electron chi connectivity index (χ4n) is 4.42. The number of fused-ring (bicyclic) bond motifs is 1. The largest absolute Gasteiger partial charge is 0.507 e. The van der Waals surface area contributed by atoms with Gasteiger partial charge in [-0.25, -0.2) is 0 Å². The van der Waals surface area contributed by atoms with Crippen molar-refractivity contribution in [3.63, 3.8) is 0 Å². The summed E-state index contributed by atoms with van der Waals surface area (Å²) < 4.78 is 0. The highest BCUT2D eigenvalue weighted by molar-refractivity contribution is 6.46. The summed E-state index contributed by atoms with van der Waals surface area (Å²) in [5.41, 5.74) is 3.56. The van der Waals surface area contributed by atoms with Gasteiger partial charge in [-0.15, -0.1) is 0 Å². The van der Waals surface area contributed by atoms with E-state index in [0.717, 1.165) is 22.0 Å². The molecule has 0 bridgehead atoms. The maximum absolute atomic E-state index is 13.1. The molecular formula is C27H22N2O3. The molecule has 2 heterocycles. The van der Waals surface area contributed by atoms with Crippen LogP contribution >= 0.6 is 0 Å². The minimum atomic E-state index is -0.654. The number of hydrogen-bond donors (Lipinski definition) is 2. The summed E-state index contributed by atoms with van der Waals surface area (Å²) in [5, 5.41) is 12.1. The van der Waals surface area contributed by atoms with Crippen molar-refractivity contribution < 1.29 is 14.7 Å². The number of para-hydroxylation sites is 1. The highest BCUT2D eigenvalue weighted by Gasteiger charge is 2.45. The Balaban J connectivity index is 1.55. The van der Waals surface area contributed by atoms with E-state index >= 15 is 0 Å². The van der Waals surface area contributed by atoms with Crippen LogP contribution in [0.4, 0.5) is 0 Å². The number of aliphatic hydroxyl groups excluding tert-OH is 1. The molecule has 1 saturated heterocycles. The highest BCUT2D eigenvalue weighted by Crippen LogP contribution is 2.39. The number of nitrogens with zero attached hydrogens (tertiary/aromatic N) is 1. The number of hydrogen-bond acceptors (Lipinski definition) is 3. The SMILES string of the molecule is O=C1C(=O)N(CCc2c[nH]c3ccccc23)[C@H](c2ccccc2)C1=C(O)c1ccccc1. The molecule has 0 aliphatic carbocycles. The van der Waals surface area contributed by atoms with Crippen molar-refractivity contribution in [2.24, 2.45) is 0 Å². The second-order valence-electron chi connectivity index (χ2n) is 7.88. The van der Waals surface area contributed by atoms with E-state index in [2.05, 4.69) is 4.98 Å². The van der Waals surface area contributed by atoms with Crippen molar-refractivity contribution in [2.45, 2.75) is 12.5 Å². The Bertz CT molecular complexity index is 1320.